The first-order chi connectivity index (χ1) is 19.1. The second-order valence-electron chi connectivity index (χ2n) is 13.4. The number of fused-ring (bicyclic) bond motifs is 3. The first kappa shape index (κ1) is 26.3. The Morgan fingerprint density at radius 1 is 0.675 bits per heavy atom. The maximum absolute atomic E-state index is 2.53. The van der Waals surface area contributed by atoms with E-state index >= 15 is 0 Å². The fourth-order valence-corrected chi connectivity index (χ4v) is 6.31. The van der Waals surface area contributed by atoms with Crippen LogP contribution in [-0.4, -0.2) is 0 Å². The molecule has 0 saturated heterocycles. The van der Waals surface area contributed by atoms with Gasteiger partial charge < -0.3 is 0 Å². The molecular formula is C40H40. The third kappa shape index (κ3) is 4.81. The third-order valence-corrected chi connectivity index (χ3v) is 8.50. The van der Waals surface area contributed by atoms with Gasteiger partial charge in [0.1, 0.15) is 0 Å². The van der Waals surface area contributed by atoms with Gasteiger partial charge >= 0.3 is 0 Å². The molecule has 0 saturated carbocycles. The van der Waals surface area contributed by atoms with Crippen molar-refractivity contribution < 1.29 is 0 Å². The Labute approximate surface area is 240 Å². The summed E-state index contributed by atoms with van der Waals surface area (Å²) in [6.07, 6.45) is 12.6. The molecule has 0 bridgehead atoms. The smallest absolute Gasteiger partial charge is 0.0213 e. The molecule has 0 unspecified atom stereocenters. The van der Waals surface area contributed by atoms with Gasteiger partial charge in [-0.15, -0.1) is 0 Å². The highest BCUT2D eigenvalue weighted by Crippen LogP contribution is 2.48. The summed E-state index contributed by atoms with van der Waals surface area (Å²) in [5.41, 5.74) is 15.3. The van der Waals surface area contributed by atoms with Gasteiger partial charge in [-0.05, 0) is 90.6 Å². The first-order valence-electron chi connectivity index (χ1n) is 14.6. The summed E-state index contributed by atoms with van der Waals surface area (Å²) in [6, 6.07) is 31.5. The largest absolute Gasteiger partial charge is 0.0732 e. The maximum Gasteiger partial charge on any atom is 0.0213 e. The molecule has 0 aromatic heterocycles. The number of allylic oxidation sites excluding steroid dienone is 4. The van der Waals surface area contributed by atoms with Crippen molar-refractivity contribution in [3.05, 3.63) is 154 Å². The molecule has 6 rings (SSSR count). The maximum atomic E-state index is 2.53. The van der Waals surface area contributed by atoms with Crippen LogP contribution in [0.5, 0.6) is 0 Å². The average molecular weight is 521 g/mol. The monoisotopic (exact) mass is 520 g/mol. The predicted molar refractivity (Wildman–Crippen MR) is 173 cm³/mol. The molecule has 0 spiro atoms. The number of rotatable bonds is 4. The van der Waals surface area contributed by atoms with Gasteiger partial charge in [-0.25, -0.2) is 0 Å². The Morgan fingerprint density at radius 3 is 1.82 bits per heavy atom. The second-order valence-corrected chi connectivity index (χ2v) is 13.4. The van der Waals surface area contributed by atoms with Crippen LogP contribution in [0.25, 0.3) is 22.8 Å². The van der Waals surface area contributed by atoms with Gasteiger partial charge in [0, 0.05) is 5.92 Å². The lowest BCUT2D eigenvalue weighted by atomic mass is 9.75. The zero-order chi connectivity index (χ0) is 28.1. The van der Waals surface area contributed by atoms with Crippen molar-refractivity contribution in [1.29, 1.82) is 0 Å². The lowest BCUT2D eigenvalue weighted by molar-refractivity contribution is 0.582. The van der Waals surface area contributed by atoms with E-state index in [4.69, 9.17) is 0 Å². The van der Waals surface area contributed by atoms with E-state index in [1.807, 2.05) is 0 Å². The van der Waals surface area contributed by atoms with Crippen LogP contribution in [0.1, 0.15) is 92.0 Å². The molecular weight excluding hydrogens is 480 g/mol. The van der Waals surface area contributed by atoms with Crippen LogP contribution in [0.3, 0.4) is 0 Å². The molecule has 0 heterocycles. The predicted octanol–water partition coefficient (Wildman–Crippen LogP) is 10.7. The molecule has 0 N–H and O–H groups in total. The molecule has 0 amide bonds. The number of hydrogen-bond acceptors (Lipinski definition) is 0. The Hall–Kier alpha value is -3.90. The van der Waals surface area contributed by atoms with Crippen molar-refractivity contribution in [2.75, 3.05) is 0 Å². The SMILES string of the molecule is CC(C)(C)c1ccc2c(c1)-c1cc(C(C)(C)C)c(C3C=CC=C3)c(C=C(c3ccccc3)c3ccccc3)c1C2. The first-order valence-corrected chi connectivity index (χ1v) is 14.6. The van der Waals surface area contributed by atoms with Crippen LogP contribution in [0.2, 0.25) is 0 Å². The van der Waals surface area contributed by atoms with E-state index < -0.39 is 0 Å². The van der Waals surface area contributed by atoms with Gasteiger partial charge in [-0.3, -0.25) is 0 Å². The quantitative estimate of drug-likeness (QED) is 0.207. The van der Waals surface area contributed by atoms with Crippen molar-refractivity contribution in [1.82, 2.24) is 0 Å². The molecule has 2 aliphatic carbocycles. The number of benzene rings is 4. The van der Waals surface area contributed by atoms with Gasteiger partial charge in [-0.1, -0.05) is 145 Å². The highest BCUT2D eigenvalue weighted by molar-refractivity contribution is 5.95. The third-order valence-electron chi connectivity index (χ3n) is 8.50. The highest BCUT2D eigenvalue weighted by Gasteiger charge is 2.32. The summed E-state index contributed by atoms with van der Waals surface area (Å²) < 4.78 is 0. The summed E-state index contributed by atoms with van der Waals surface area (Å²) in [6.45, 7) is 14.0. The lowest BCUT2D eigenvalue weighted by Gasteiger charge is -2.29. The van der Waals surface area contributed by atoms with E-state index in [0.29, 0.717) is 0 Å². The highest BCUT2D eigenvalue weighted by atomic mass is 14.4. The molecule has 0 fully saturated rings. The Balaban J connectivity index is 1.70. The molecule has 4 aromatic carbocycles. The minimum absolute atomic E-state index is 0.00126. The number of hydrogen-bond donors (Lipinski definition) is 0. The molecule has 0 radical (unpaired) electrons. The van der Waals surface area contributed by atoms with Gasteiger partial charge in [0.15, 0.2) is 0 Å². The van der Waals surface area contributed by atoms with E-state index in [1.165, 1.54) is 61.2 Å². The zero-order valence-electron chi connectivity index (χ0n) is 24.8. The van der Waals surface area contributed by atoms with E-state index in [1.54, 1.807) is 0 Å². The topological polar surface area (TPSA) is 0 Å². The fourth-order valence-electron chi connectivity index (χ4n) is 6.31. The summed E-state index contributed by atoms with van der Waals surface area (Å²) in [7, 11) is 0. The van der Waals surface area contributed by atoms with Crippen molar-refractivity contribution in [3.8, 4) is 11.1 Å². The van der Waals surface area contributed by atoms with E-state index in [9.17, 15) is 0 Å². The Kier molecular flexibility index (Phi) is 6.54. The van der Waals surface area contributed by atoms with Crippen molar-refractivity contribution >= 4 is 11.6 Å². The Morgan fingerprint density at radius 2 is 1.27 bits per heavy atom. The van der Waals surface area contributed by atoms with Gasteiger partial charge in [0.2, 0.25) is 0 Å². The molecule has 4 aromatic rings. The van der Waals surface area contributed by atoms with Crippen LogP contribution < -0.4 is 0 Å². The van der Waals surface area contributed by atoms with E-state index in [2.05, 4.69) is 157 Å². The van der Waals surface area contributed by atoms with E-state index in [0.717, 1.165) is 6.42 Å². The zero-order valence-corrected chi connectivity index (χ0v) is 24.8. The van der Waals surface area contributed by atoms with Gasteiger partial charge in [0.25, 0.3) is 0 Å². The van der Waals surface area contributed by atoms with Crippen molar-refractivity contribution in [3.63, 3.8) is 0 Å². The van der Waals surface area contributed by atoms with Crippen LogP contribution in [0, 0.1) is 0 Å². The molecule has 2 aliphatic rings. The standard InChI is InChI=1S/C40H40/c1-39(2,3)31-22-21-30-23-34-35(33(30)24-31)26-37(40(4,5)6)38(29-19-13-14-20-29)36(34)25-32(27-15-9-7-10-16-27)28-17-11-8-12-18-28/h7-22,24-26,29H,23H2,1-6H3. The van der Waals surface area contributed by atoms with E-state index in [-0.39, 0.29) is 16.7 Å². The lowest BCUT2D eigenvalue weighted by Crippen LogP contribution is -2.17. The summed E-state index contributed by atoms with van der Waals surface area (Å²) in [5.74, 6) is 0.271. The molecule has 0 nitrogen and oxygen atoms in total. The van der Waals surface area contributed by atoms with Gasteiger partial charge in [-0.2, -0.15) is 0 Å². The molecule has 0 aliphatic heterocycles. The van der Waals surface area contributed by atoms with Crippen LogP contribution in [0.4, 0.5) is 0 Å². The normalized spacial score (nSPS) is 14.3. The molecule has 40 heavy (non-hydrogen) atoms. The van der Waals surface area contributed by atoms with Crippen LogP contribution in [0.15, 0.2) is 109 Å². The summed E-state index contributed by atoms with van der Waals surface area (Å²) in [5, 5.41) is 0. The van der Waals surface area contributed by atoms with Crippen molar-refractivity contribution in [2.24, 2.45) is 0 Å². The molecule has 200 valence electrons. The second kappa shape index (κ2) is 9.93. The molecule has 0 heteroatoms. The summed E-state index contributed by atoms with van der Waals surface area (Å²) in [4.78, 5) is 0. The van der Waals surface area contributed by atoms with Crippen molar-refractivity contribution in [2.45, 2.75) is 64.7 Å². The van der Waals surface area contributed by atoms with Crippen LogP contribution >= 0.6 is 0 Å². The van der Waals surface area contributed by atoms with Crippen LogP contribution in [-0.2, 0) is 17.3 Å². The summed E-state index contributed by atoms with van der Waals surface area (Å²) >= 11 is 0. The Bertz CT molecular complexity index is 1590. The minimum Gasteiger partial charge on any atom is -0.0732 e. The molecule has 0 atom stereocenters. The average Bonchev–Trinajstić information content (AvgIpc) is 3.59. The minimum atomic E-state index is 0.00126. The fraction of sp³-hybridized carbons (Fsp3) is 0.250. The van der Waals surface area contributed by atoms with Gasteiger partial charge in [0.05, 0.1) is 0 Å².